The van der Waals surface area contributed by atoms with E-state index >= 15 is 0 Å². The molecule has 0 unspecified atom stereocenters. The summed E-state index contributed by atoms with van der Waals surface area (Å²) in [4.78, 5) is 23.5. The molecule has 0 aliphatic rings. The Morgan fingerprint density at radius 3 is 2.25 bits per heavy atom. The molecule has 2 amide bonds. The Morgan fingerprint density at radius 2 is 1.64 bits per heavy atom. The normalized spacial score (nSPS) is 11.5. The van der Waals surface area contributed by atoms with Crippen LogP contribution in [0.1, 0.15) is 17.3 Å². The molecular weight excluding hydrogens is 376 g/mol. The number of hydrogen-bond donors (Lipinski definition) is 2. The van der Waals surface area contributed by atoms with Crippen molar-refractivity contribution in [2.24, 2.45) is 5.73 Å². The lowest BCUT2D eigenvalue weighted by Crippen LogP contribution is -2.30. The van der Waals surface area contributed by atoms with Crippen molar-refractivity contribution >= 4 is 29.1 Å². The maximum atomic E-state index is 12.4. The number of anilines is 1. The van der Waals surface area contributed by atoms with Gasteiger partial charge in [-0.15, -0.1) is 0 Å². The van der Waals surface area contributed by atoms with Crippen molar-refractivity contribution < 1.29 is 14.3 Å². The summed E-state index contributed by atoms with van der Waals surface area (Å²) in [5.41, 5.74) is 8.11. The Kier molecular flexibility index (Phi) is 5.96. The van der Waals surface area contributed by atoms with Gasteiger partial charge in [-0.3, -0.25) is 9.59 Å². The molecule has 0 bridgehead atoms. The number of primary amides is 1. The summed E-state index contributed by atoms with van der Waals surface area (Å²) in [5.74, 6) is -0.439. The third kappa shape index (κ3) is 4.69. The maximum absolute atomic E-state index is 12.4. The van der Waals surface area contributed by atoms with Gasteiger partial charge in [0.25, 0.3) is 5.91 Å². The Balaban J connectivity index is 1.65. The van der Waals surface area contributed by atoms with E-state index in [2.05, 4.69) is 5.32 Å². The smallest absolute Gasteiger partial charge is 0.265 e. The summed E-state index contributed by atoms with van der Waals surface area (Å²) in [6, 6.07) is 21.6. The van der Waals surface area contributed by atoms with E-state index < -0.39 is 12.0 Å². The van der Waals surface area contributed by atoms with Crippen molar-refractivity contribution in [3.05, 3.63) is 83.4 Å². The number of nitrogens with two attached hydrogens (primary N) is 1. The van der Waals surface area contributed by atoms with Crippen LogP contribution < -0.4 is 15.8 Å². The minimum absolute atomic E-state index is 0.338. The molecule has 0 fully saturated rings. The summed E-state index contributed by atoms with van der Waals surface area (Å²) < 4.78 is 5.71. The van der Waals surface area contributed by atoms with Gasteiger partial charge >= 0.3 is 0 Å². The molecule has 0 aromatic heterocycles. The molecule has 0 aliphatic heterocycles. The monoisotopic (exact) mass is 394 g/mol. The second-order valence-electron chi connectivity index (χ2n) is 6.20. The number of amides is 2. The summed E-state index contributed by atoms with van der Waals surface area (Å²) >= 11 is 6.33. The molecule has 0 heterocycles. The van der Waals surface area contributed by atoms with Crippen LogP contribution in [0.5, 0.6) is 5.75 Å². The molecule has 0 saturated heterocycles. The van der Waals surface area contributed by atoms with Crippen molar-refractivity contribution in [3.63, 3.8) is 0 Å². The molecule has 0 aliphatic carbocycles. The molecule has 3 aromatic rings. The second kappa shape index (κ2) is 8.59. The largest absolute Gasteiger partial charge is 0.479 e. The van der Waals surface area contributed by atoms with Crippen LogP contribution >= 0.6 is 11.6 Å². The molecule has 1 atom stereocenters. The first-order chi connectivity index (χ1) is 13.4. The number of rotatable bonds is 6. The molecule has 0 saturated carbocycles. The average molecular weight is 395 g/mol. The molecule has 6 heteroatoms. The van der Waals surface area contributed by atoms with Crippen LogP contribution in [0.15, 0.2) is 72.8 Å². The maximum Gasteiger partial charge on any atom is 0.265 e. The second-order valence-corrected chi connectivity index (χ2v) is 6.61. The van der Waals surface area contributed by atoms with E-state index in [1.165, 1.54) is 0 Å². The first-order valence-corrected chi connectivity index (χ1v) is 9.04. The number of hydrogen-bond acceptors (Lipinski definition) is 3. The standard InChI is InChI=1S/C22H19ClN2O3/c1-14(22(27)25-18-10-7-16(8-11-18)21(24)26)28-20-12-9-17(13-19(20)23)15-5-3-2-4-6-15/h2-14H,1H3,(H2,24,26)(H,25,27)/t14-/m1/s1. The first kappa shape index (κ1) is 19.5. The van der Waals surface area contributed by atoms with E-state index in [1.54, 1.807) is 43.3 Å². The Hall–Kier alpha value is -3.31. The highest BCUT2D eigenvalue weighted by Gasteiger charge is 2.17. The van der Waals surface area contributed by atoms with E-state index in [-0.39, 0.29) is 5.91 Å². The zero-order valence-electron chi connectivity index (χ0n) is 15.2. The van der Waals surface area contributed by atoms with E-state index in [9.17, 15) is 9.59 Å². The molecule has 3 rings (SSSR count). The molecule has 0 spiro atoms. The van der Waals surface area contributed by atoms with Crippen molar-refractivity contribution in [2.75, 3.05) is 5.32 Å². The predicted molar refractivity (Wildman–Crippen MR) is 111 cm³/mol. The first-order valence-electron chi connectivity index (χ1n) is 8.66. The van der Waals surface area contributed by atoms with Crippen LogP contribution in [0.25, 0.3) is 11.1 Å². The fraction of sp³-hybridized carbons (Fsp3) is 0.0909. The van der Waals surface area contributed by atoms with Crippen LogP contribution in [0.2, 0.25) is 5.02 Å². The van der Waals surface area contributed by atoms with Crippen LogP contribution in [-0.2, 0) is 4.79 Å². The molecule has 28 heavy (non-hydrogen) atoms. The van der Waals surface area contributed by atoms with Gasteiger partial charge in [0.2, 0.25) is 5.91 Å². The summed E-state index contributed by atoms with van der Waals surface area (Å²) in [5, 5.41) is 3.15. The number of nitrogens with one attached hydrogen (secondary N) is 1. The van der Waals surface area contributed by atoms with Gasteiger partial charge < -0.3 is 15.8 Å². The third-order valence-corrected chi connectivity index (χ3v) is 4.44. The fourth-order valence-electron chi connectivity index (χ4n) is 2.61. The Bertz CT molecular complexity index is 988. The van der Waals surface area contributed by atoms with Gasteiger partial charge in [0.1, 0.15) is 5.75 Å². The van der Waals surface area contributed by atoms with Crippen LogP contribution in [0, 0.1) is 0 Å². The zero-order chi connectivity index (χ0) is 20.1. The van der Waals surface area contributed by atoms with Crippen molar-refractivity contribution in [1.82, 2.24) is 0 Å². The molecule has 0 radical (unpaired) electrons. The van der Waals surface area contributed by atoms with Gasteiger partial charge in [0.15, 0.2) is 6.10 Å². The SMILES string of the molecule is C[C@@H](Oc1ccc(-c2ccccc2)cc1Cl)C(=O)Nc1ccc(C(N)=O)cc1. The van der Waals surface area contributed by atoms with Crippen molar-refractivity contribution in [2.45, 2.75) is 13.0 Å². The minimum Gasteiger partial charge on any atom is -0.479 e. The van der Waals surface area contributed by atoms with Gasteiger partial charge in [0.05, 0.1) is 5.02 Å². The van der Waals surface area contributed by atoms with E-state index in [0.717, 1.165) is 11.1 Å². The van der Waals surface area contributed by atoms with Crippen LogP contribution in [-0.4, -0.2) is 17.9 Å². The van der Waals surface area contributed by atoms with Crippen molar-refractivity contribution in [3.8, 4) is 16.9 Å². The number of benzene rings is 3. The molecule has 142 valence electrons. The summed E-state index contributed by atoms with van der Waals surface area (Å²) in [6.07, 6.45) is -0.768. The number of carbonyl (C=O) groups is 2. The molecule has 5 nitrogen and oxygen atoms in total. The quantitative estimate of drug-likeness (QED) is 0.645. The molecular formula is C22H19ClN2O3. The highest BCUT2D eigenvalue weighted by Crippen LogP contribution is 2.31. The third-order valence-electron chi connectivity index (χ3n) is 4.15. The van der Waals surface area contributed by atoms with Gasteiger partial charge in [0, 0.05) is 11.3 Å². The van der Waals surface area contributed by atoms with Gasteiger partial charge in [-0.05, 0) is 54.4 Å². The lowest BCUT2D eigenvalue weighted by atomic mass is 10.1. The summed E-state index contributed by atoms with van der Waals surface area (Å²) in [6.45, 7) is 1.63. The van der Waals surface area contributed by atoms with Gasteiger partial charge in [-0.1, -0.05) is 48.0 Å². The summed E-state index contributed by atoms with van der Waals surface area (Å²) in [7, 11) is 0. The Labute approximate surface area is 168 Å². The van der Waals surface area contributed by atoms with Crippen LogP contribution in [0.3, 0.4) is 0 Å². The Morgan fingerprint density at radius 1 is 0.964 bits per heavy atom. The highest BCUT2D eigenvalue weighted by molar-refractivity contribution is 6.32. The molecule has 3 aromatic carbocycles. The van der Waals surface area contributed by atoms with E-state index in [1.807, 2.05) is 36.4 Å². The topological polar surface area (TPSA) is 81.4 Å². The van der Waals surface area contributed by atoms with Gasteiger partial charge in [-0.2, -0.15) is 0 Å². The predicted octanol–water partition coefficient (Wildman–Crippen LogP) is 4.51. The molecule has 3 N–H and O–H groups in total. The number of carbonyl (C=O) groups excluding carboxylic acids is 2. The number of halogens is 1. The van der Waals surface area contributed by atoms with E-state index in [0.29, 0.717) is 22.0 Å². The van der Waals surface area contributed by atoms with E-state index in [4.69, 9.17) is 22.1 Å². The van der Waals surface area contributed by atoms with Crippen molar-refractivity contribution in [1.29, 1.82) is 0 Å². The highest BCUT2D eigenvalue weighted by atomic mass is 35.5. The minimum atomic E-state index is -0.768. The van der Waals surface area contributed by atoms with Crippen LogP contribution in [0.4, 0.5) is 5.69 Å². The average Bonchev–Trinajstić information content (AvgIpc) is 2.70. The zero-order valence-corrected chi connectivity index (χ0v) is 15.9. The lowest BCUT2D eigenvalue weighted by molar-refractivity contribution is -0.122. The fourth-order valence-corrected chi connectivity index (χ4v) is 2.84. The number of ether oxygens (including phenoxy) is 1. The lowest BCUT2D eigenvalue weighted by Gasteiger charge is -2.16. The van der Waals surface area contributed by atoms with Gasteiger partial charge in [-0.25, -0.2) is 0 Å².